The zero-order valence-corrected chi connectivity index (χ0v) is 10.0. The highest BCUT2D eigenvalue weighted by Crippen LogP contribution is 2.29. The van der Waals surface area contributed by atoms with Crippen molar-refractivity contribution in [2.75, 3.05) is 24.5 Å². The quantitative estimate of drug-likeness (QED) is 0.864. The number of anilines is 1. The van der Waals surface area contributed by atoms with Crippen LogP contribution < -0.4 is 10.2 Å². The standard InChI is InChI=1S/C9H14F2N4S/c1-9(2)5-15(4-3-12-9)8-14-13-7(16-8)6(10)11/h6,12H,3-5H2,1-2H3. The summed E-state index contributed by atoms with van der Waals surface area (Å²) in [6, 6.07) is 0. The van der Waals surface area contributed by atoms with Crippen LogP contribution in [0.5, 0.6) is 0 Å². The number of hydrogen-bond donors (Lipinski definition) is 1. The lowest BCUT2D eigenvalue weighted by Crippen LogP contribution is -2.57. The molecule has 1 aromatic heterocycles. The molecule has 0 saturated carbocycles. The van der Waals surface area contributed by atoms with Gasteiger partial charge in [-0.1, -0.05) is 11.3 Å². The Morgan fingerprint density at radius 3 is 2.75 bits per heavy atom. The molecule has 0 amide bonds. The van der Waals surface area contributed by atoms with Gasteiger partial charge in [-0.3, -0.25) is 0 Å². The summed E-state index contributed by atoms with van der Waals surface area (Å²) in [7, 11) is 0. The molecule has 1 fully saturated rings. The summed E-state index contributed by atoms with van der Waals surface area (Å²) in [6.45, 7) is 6.52. The van der Waals surface area contributed by atoms with Crippen molar-refractivity contribution in [3.8, 4) is 0 Å². The minimum atomic E-state index is -2.53. The van der Waals surface area contributed by atoms with Gasteiger partial charge in [0.15, 0.2) is 5.01 Å². The van der Waals surface area contributed by atoms with Crippen molar-refractivity contribution >= 4 is 16.5 Å². The van der Waals surface area contributed by atoms with Crippen LogP contribution in [-0.2, 0) is 0 Å². The monoisotopic (exact) mass is 248 g/mol. The topological polar surface area (TPSA) is 41.1 Å². The average Bonchev–Trinajstić information content (AvgIpc) is 2.64. The van der Waals surface area contributed by atoms with Crippen molar-refractivity contribution in [1.82, 2.24) is 15.5 Å². The fourth-order valence-corrected chi connectivity index (χ4v) is 2.47. The van der Waals surface area contributed by atoms with Gasteiger partial charge in [0.2, 0.25) is 5.13 Å². The maximum atomic E-state index is 12.4. The Hall–Kier alpha value is -0.820. The van der Waals surface area contributed by atoms with E-state index in [1.54, 1.807) is 0 Å². The van der Waals surface area contributed by atoms with Crippen LogP contribution >= 0.6 is 11.3 Å². The fraction of sp³-hybridized carbons (Fsp3) is 0.778. The van der Waals surface area contributed by atoms with E-state index in [1.807, 2.05) is 4.90 Å². The van der Waals surface area contributed by atoms with Gasteiger partial charge in [0.1, 0.15) is 0 Å². The summed E-state index contributed by atoms with van der Waals surface area (Å²) in [6.07, 6.45) is -2.53. The molecule has 1 aliphatic rings. The summed E-state index contributed by atoms with van der Waals surface area (Å²) in [5.41, 5.74) is -0.0189. The lowest BCUT2D eigenvalue weighted by Gasteiger charge is -2.38. The first-order chi connectivity index (χ1) is 7.48. The molecule has 1 aliphatic heterocycles. The maximum absolute atomic E-state index is 12.4. The Labute approximate surface area is 96.7 Å². The van der Waals surface area contributed by atoms with E-state index in [4.69, 9.17) is 0 Å². The molecule has 16 heavy (non-hydrogen) atoms. The Balaban J connectivity index is 2.11. The van der Waals surface area contributed by atoms with Crippen LogP contribution in [-0.4, -0.2) is 35.4 Å². The zero-order chi connectivity index (χ0) is 11.8. The minimum Gasteiger partial charge on any atom is -0.344 e. The molecule has 0 radical (unpaired) electrons. The summed E-state index contributed by atoms with van der Waals surface area (Å²) in [4.78, 5) is 2.00. The molecule has 2 heterocycles. The van der Waals surface area contributed by atoms with E-state index < -0.39 is 6.43 Å². The van der Waals surface area contributed by atoms with Crippen LogP contribution in [0.2, 0.25) is 0 Å². The Kier molecular flexibility index (Phi) is 3.07. The molecule has 4 nitrogen and oxygen atoms in total. The molecular formula is C9H14F2N4S. The Morgan fingerprint density at radius 1 is 1.44 bits per heavy atom. The Morgan fingerprint density at radius 2 is 2.19 bits per heavy atom. The smallest absolute Gasteiger partial charge is 0.291 e. The highest BCUT2D eigenvalue weighted by Gasteiger charge is 2.28. The van der Waals surface area contributed by atoms with Crippen LogP contribution in [0.1, 0.15) is 25.3 Å². The van der Waals surface area contributed by atoms with Crippen LogP contribution in [0, 0.1) is 0 Å². The largest absolute Gasteiger partial charge is 0.344 e. The van der Waals surface area contributed by atoms with Gasteiger partial charge in [-0.05, 0) is 13.8 Å². The van der Waals surface area contributed by atoms with Gasteiger partial charge in [-0.15, -0.1) is 10.2 Å². The molecule has 2 rings (SSSR count). The second-order valence-electron chi connectivity index (χ2n) is 4.46. The van der Waals surface area contributed by atoms with E-state index in [0.29, 0.717) is 5.13 Å². The van der Waals surface area contributed by atoms with Crippen molar-refractivity contribution < 1.29 is 8.78 Å². The lowest BCUT2D eigenvalue weighted by molar-refractivity contribution is 0.150. The van der Waals surface area contributed by atoms with E-state index >= 15 is 0 Å². The number of alkyl halides is 2. The first kappa shape index (κ1) is 11.7. The van der Waals surface area contributed by atoms with Gasteiger partial charge in [0.05, 0.1) is 0 Å². The number of halogens is 2. The fourth-order valence-electron chi connectivity index (χ4n) is 1.75. The van der Waals surface area contributed by atoms with E-state index in [-0.39, 0.29) is 10.5 Å². The van der Waals surface area contributed by atoms with Gasteiger partial charge in [-0.2, -0.15) is 0 Å². The van der Waals surface area contributed by atoms with E-state index in [9.17, 15) is 8.78 Å². The molecule has 0 bridgehead atoms. The maximum Gasteiger partial charge on any atom is 0.291 e. The molecule has 90 valence electrons. The molecule has 0 aliphatic carbocycles. The third kappa shape index (κ3) is 2.46. The third-order valence-electron chi connectivity index (χ3n) is 2.46. The number of rotatable bonds is 2. The van der Waals surface area contributed by atoms with Gasteiger partial charge in [-0.25, -0.2) is 8.78 Å². The highest BCUT2D eigenvalue weighted by molar-refractivity contribution is 7.15. The molecule has 0 unspecified atom stereocenters. The van der Waals surface area contributed by atoms with E-state index in [1.165, 1.54) is 0 Å². The van der Waals surface area contributed by atoms with Crippen LogP contribution in [0.25, 0.3) is 0 Å². The molecule has 1 N–H and O–H groups in total. The van der Waals surface area contributed by atoms with Crippen LogP contribution in [0.4, 0.5) is 13.9 Å². The normalized spacial score (nSPS) is 20.4. The zero-order valence-electron chi connectivity index (χ0n) is 9.20. The summed E-state index contributed by atoms with van der Waals surface area (Å²) in [5.74, 6) is 0. The molecule has 7 heteroatoms. The summed E-state index contributed by atoms with van der Waals surface area (Å²) >= 11 is 0.974. The van der Waals surface area contributed by atoms with Gasteiger partial charge in [0, 0.05) is 25.2 Å². The second-order valence-corrected chi connectivity index (χ2v) is 5.44. The van der Waals surface area contributed by atoms with E-state index in [2.05, 4.69) is 29.4 Å². The van der Waals surface area contributed by atoms with Crippen molar-refractivity contribution in [3.63, 3.8) is 0 Å². The first-order valence-electron chi connectivity index (χ1n) is 5.09. The second kappa shape index (κ2) is 4.21. The van der Waals surface area contributed by atoms with E-state index in [0.717, 1.165) is 31.0 Å². The van der Waals surface area contributed by atoms with Crippen LogP contribution in [0.15, 0.2) is 0 Å². The Bertz CT molecular complexity index is 366. The summed E-state index contributed by atoms with van der Waals surface area (Å²) < 4.78 is 24.8. The molecule has 0 atom stereocenters. The van der Waals surface area contributed by atoms with Gasteiger partial charge in [0.25, 0.3) is 6.43 Å². The molecule has 1 aromatic rings. The molecule has 1 saturated heterocycles. The van der Waals surface area contributed by atoms with Gasteiger partial charge < -0.3 is 10.2 Å². The predicted octanol–water partition coefficient (Wildman–Crippen LogP) is 1.66. The number of aromatic nitrogens is 2. The van der Waals surface area contributed by atoms with Crippen molar-refractivity contribution in [2.45, 2.75) is 25.8 Å². The average molecular weight is 248 g/mol. The number of hydrogen-bond acceptors (Lipinski definition) is 5. The van der Waals surface area contributed by atoms with Gasteiger partial charge >= 0.3 is 0 Å². The summed E-state index contributed by atoms with van der Waals surface area (Å²) in [5, 5.41) is 11.0. The molecule has 0 aromatic carbocycles. The first-order valence-corrected chi connectivity index (χ1v) is 5.91. The van der Waals surface area contributed by atoms with Crippen molar-refractivity contribution in [3.05, 3.63) is 5.01 Å². The predicted molar refractivity (Wildman–Crippen MR) is 59.2 cm³/mol. The minimum absolute atomic E-state index is 0.0189. The number of nitrogens with zero attached hydrogens (tertiary/aromatic N) is 3. The molecular weight excluding hydrogens is 234 g/mol. The number of piperazine rings is 1. The SMILES string of the molecule is CC1(C)CN(c2nnc(C(F)F)s2)CCN1. The highest BCUT2D eigenvalue weighted by atomic mass is 32.1. The van der Waals surface area contributed by atoms with Crippen LogP contribution in [0.3, 0.4) is 0 Å². The number of nitrogens with one attached hydrogen (secondary N) is 1. The lowest BCUT2D eigenvalue weighted by atomic mass is 10.0. The third-order valence-corrected chi connectivity index (χ3v) is 3.45. The molecule has 0 spiro atoms. The van der Waals surface area contributed by atoms with Crippen molar-refractivity contribution in [2.24, 2.45) is 0 Å². The van der Waals surface area contributed by atoms with Crippen molar-refractivity contribution in [1.29, 1.82) is 0 Å².